The Balaban J connectivity index is 1.90. The van der Waals surface area contributed by atoms with Gasteiger partial charge in [0, 0.05) is 30.1 Å². The molecule has 2 N–H and O–H groups in total. The van der Waals surface area contributed by atoms with Crippen molar-refractivity contribution in [1.82, 2.24) is 10.3 Å². The summed E-state index contributed by atoms with van der Waals surface area (Å²) in [5.41, 5.74) is 1.40. The van der Waals surface area contributed by atoms with E-state index in [2.05, 4.69) is 10.3 Å². The Morgan fingerprint density at radius 1 is 1.21 bits per heavy atom. The van der Waals surface area contributed by atoms with Crippen LogP contribution < -0.4 is 15.5 Å². The average molecular weight is 322 g/mol. The lowest BCUT2D eigenvalue weighted by Crippen LogP contribution is -2.28. The Morgan fingerprint density at radius 3 is 2.75 bits per heavy atom. The van der Waals surface area contributed by atoms with Crippen molar-refractivity contribution in [2.45, 2.75) is 13.5 Å². The van der Waals surface area contributed by atoms with Gasteiger partial charge in [-0.3, -0.25) is 9.59 Å². The van der Waals surface area contributed by atoms with Crippen LogP contribution in [0.4, 0.5) is 0 Å². The molecule has 5 heteroatoms. The molecule has 0 aliphatic carbocycles. The molecular formula is C19H18N2O3. The molecule has 0 atom stereocenters. The zero-order chi connectivity index (χ0) is 17.1. The van der Waals surface area contributed by atoms with Crippen LogP contribution in [-0.2, 0) is 6.54 Å². The van der Waals surface area contributed by atoms with E-state index in [-0.39, 0.29) is 17.5 Å². The summed E-state index contributed by atoms with van der Waals surface area (Å²) in [5, 5.41) is 4.88. The maximum Gasteiger partial charge on any atom is 0.257 e. The van der Waals surface area contributed by atoms with Crippen LogP contribution in [0.2, 0.25) is 0 Å². The van der Waals surface area contributed by atoms with E-state index in [0.717, 1.165) is 16.3 Å². The smallest absolute Gasteiger partial charge is 0.257 e. The van der Waals surface area contributed by atoms with Gasteiger partial charge in [0.05, 0.1) is 7.11 Å². The predicted octanol–water partition coefficient (Wildman–Crippen LogP) is 2.78. The molecular weight excluding hydrogens is 304 g/mol. The van der Waals surface area contributed by atoms with E-state index in [9.17, 15) is 9.59 Å². The molecule has 0 fully saturated rings. The molecule has 5 nitrogen and oxygen atoms in total. The van der Waals surface area contributed by atoms with Gasteiger partial charge in [0.25, 0.3) is 5.91 Å². The third kappa shape index (κ3) is 3.01. The highest BCUT2D eigenvalue weighted by atomic mass is 16.5. The summed E-state index contributed by atoms with van der Waals surface area (Å²) in [6, 6.07) is 13.2. The molecule has 0 saturated carbocycles. The molecule has 0 spiro atoms. The number of ether oxygens (including phenoxy) is 1. The molecule has 1 heterocycles. The molecule has 3 rings (SSSR count). The lowest BCUT2D eigenvalue weighted by Gasteiger charge is -2.13. The van der Waals surface area contributed by atoms with Crippen LogP contribution >= 0.6 is 0 Å². The lowest BCUT2D eigenvalue weighted by molar-refractivity contribution is 0.0949. The van der Waals surface area contributed by atoms with Crippen LogP contribution in [0.15, 0.2) is 53.5 Å². The minimum Gasteiger partial charge on any atom is -0.496 e. The van der Waals surface area contributed by atoms with E-state index in [1.165, 1.54) is 12.3 Å². The highest BCUT2D eigenvalue weighted by molar-refractivity contribution is 5.94. The number of pyridine rings is 1. The minimum atomic E-state index is -0.411. The van der Waals surface area contributed by atoms with E-state index in [4.69, 9.17) is 4.74 Å². The van der Waals surface area contributed by atoms with Gasteiger partial charge in [0.2, 0.25) is 0 Å². The number of carbonyl (C=O) groups excluding carboxylic acids is 1. The lowest BCUT2D eigenvalue weighted by atomic mass is 10.0. The van der Waals surface area contributed by atoms with Gasteiger partial charge < -0.3 is 15.0 Å². The summed E-state index contributed by atoms with van der Waals surface area (Å²) >= 11 is 0. The number of fused-ring (bicyclic) bond motifs is 1. The number of H-pyrrole nitrogens is 1. The van der Waals surface area contributed by atoms with Gasteiger partial charge in [0.1, 0.15) is 11.3 Å². The molecule has 2 aromatic carbocycles. The Morgan fingerprint density at radius 2 is 2.00 bits per heavy atom. The number of benzene rings is 2. The summed E-state index contributed by atoms with van der Waals surface area (Å²) in [6.45, 7) is 2.04. The molecule has 24 heavy (non-hydrogen) atoms. The van der Waals surface area contributed by atoms with Crippen LogP contribution in [0, 0.1) is 6.92 Å². The minimum absolute atomic E-state index is 0.0970. The first-order valence-corrected chi connectivity index (χ1v) is 7.62. The zero-order valence-corrected chi connectivity index (χ0v) is 13.6. The summed E-state index contributed by atoms with van der Waals surface area (Å²) in [5.74, 6) is 0.290. The third-order valence-corrected chi connectivity index (χ3v) is 3.95. The van der Waals surface area contributed by atoms with E-state index in [1.54, 1.807) is 14.0 Å². The molecule has 1 amide bonds. The number of hydrogen-bond donors (Lipinski definition) is 2. The molecule has 1 aromatic heterocycles. The van der Waals surface area contributed by atoms with Crippen LogP contribution in [0.25, 0.3) is 10.8 Å². The molecule has 0 saturated heterocycles. The molecule has 122 valence electrons. The zero-order valence-electron chi connectivity index (χ0n) is 13.6. The standard InChI is InChI=1S/C19H18N2O3/c1-12-9-17(22)16(11-20-12)19(23)21-10-15-14-6-4-3-5-13(14)7-8-18(15)24-2/h3-9,11H,10H2,1-2H3,(H,20,22)(H,21,23). The Kier molecular flexibility index (Phi) is 4.33. The summed E-state index contributed by atoms with van der Waals surface area (Å²) < 4.78 is 5.41. The average Bonchev–Trinajstić information content (AvgIpc) is 2.59. The number of amides is 1. The van der Waals surface area contributed by atoms with E-state index >= 15 is 0 Å². The fourth-order valence-corrected chi connectivity index (χ4v) is 2.70. The first kappa shape index (κ1) is 15.8. The fraction of sp³-hybridized carbons (Fsp3) is 0.158. The predicted molar refractivity (Wildman–Crippen MR) is 93.5 cm³/mol. The largest absolute Gasteiger partial charge is 0.496 e. The van der Waals surface area contributed by atoms with E-state index < -0.39 is 5.91 Å². The number of carbonyl (C=O) groups is 1. The van der Waals surface area contributed by atoms with Gasteiger partial charge in [-0.2, -0.15) is 0 Å². The quantitative estimate of drug-likeness (QED) is 0.776. The van der Waals surface area contributed by atoms with Crippen molar-refractivity contribution >= 4 is 16.7 Å². The SMILES string of the molecule is COc1ccc2ccccc2c1CNC(=O)c1c[nH]c(C)cc1=O. The number of hydrogen-bond acceptors (Lipinski definition) is 3. The maximum absolute atomic E-state index is 12.3. The number of aromatic amines is 1. The van der Waals surface area contributed by atoms with Gasteiger partial charge >= 0.3 is 0 Å². The van der Waals surface area contributed by atoms with Crippen molar-refractivity contribution in [1.29, 1.82) is 0 Å². The molecule has 3 aromatic rings. The van der Waals surface area contributed by atoms with Crippen molar-refractivity contribution in [3.8, 4) is 5.75 Å². The Hall–Kier alpha value is -3.08. The Bertz CT molecular complexity index is 960. The van der Waals surface area contributed by atoms with Crippen molar-refractivity contribution in [3.63, 3.8) is 0 Å². The Labute approximate surface area is 139 Å². The van der Waals surface area contributed by atoms with Crippen molar-refractivity contribution < 1.29 is 9.53 Å². The topological polar surface area (TPSA) is 71.2 Å². The van der Waals surface area contributed by atoms with Crippen molar-refractivity contribution in [2.24, 2.45) is 0 Å². The number of aryl methyl sites for hydroxylation is 1. The van der Waals surface area contributed by atoms with Crippen molar-refractivity contribution in [3.05, 3.63) is 75.7 Å². The number of nitrogens with one attached hydrogen (secondary N) is 2. The highest BCUT2D eigenvalue weighted by Crippen LogP contribution is 2.27. The van der Waals surface area contributed by atoms with Crippen LogP contribution in [-0.4, -0.2) is 18.0 Å². The summed E-state index contributed by atoms with van der Waals surface area (Å²) in [7, 11) is 1.60. The molecule has 0 unspecified atom stereocenters. The van der Waals surface area contributed by atoms with E-state index in [0.29, 0.717) is 11.4 Å². The second-order valence-corrected chi connectivity index (χ2v) is 5.54. The van der Waals surface area contributed by atoms with Gasteiger partial charge in [-0.05, 0) is 23.8 Å². The molecule has 0 aliphatic rings. The van der Waals surface area contributed by atoms with Gasteiger partial charge in [-0.25, -0.2) is 0 Å². The molecule has 0 aliphatic heterocycles. The van der Waals surface area contributed by atoms with Crippen LogP contribution in [0.3, 0.4) is 0 Å². The third-order valence-electron chi connectivity index (χ3n) is 3.95. The van der Waals surface area contributed by atoms with E-state index in [1.807, 2.05) is 36.4 Å². The molecule has 0 bridgehead atoms. The second kappa shape index (κ2) is 6.58. The maximum atomic E-state index is 12.3. The normalized spacial score (nSPS) is 10.6. The monoisotopic (exact) mass is 322 g/mol. The molecule has 0 radical (unpaired) electrons. The summed E-state index contributed by atoms with van der Waals surface area (Å²) in [6.07, 6.45) is 1.44. The van der Waals surface area contributed by atoms with Crippen LogP contribution in [0.1, 0.15) is 21.6 Å². The van der Waals surface area contributed by atoms with Crippen molar-refractivity contribution in [2.75, 3.05) is 7.11 Å². The fourth-order valence-electron chi connectivity index (χ4n) is 2.70. The number of rotatable bonds is 4. The first-order valence-electron chi connectivity index (χ1n) is 7.62. The summed E-state index contributed by atoms with van der Waals surface area (Å²) in [4.78, 5) is 27.1. The second-order valence-electron chi connectivity index (χ2n) is 5.54. The highest BCUT2D eigenvalue weighted by Gasteiger charge is 2.13. The first-order chi connectivity index (χ1) is 11.6. The van der Waals surface area contributed by atoms with Gasteiger partial charge in [-0.15, -0.1) is 0 Å². The number of methoxy groups -OCH3 is 1. The van der Waals surface area contributed by atoms with Gasteiger partial charge in [-0.1, -0.05) is 30.3 Å². The number of aromatic nitrogens is 1. The van der Waals surface area contributed by atoms with Crippen LogP contribution in [0.5, 0.6) is 5.75 Å². The van der Waals surface area contributed by atoms with Gasteiger partial charge in [0.15, 0.2) is 5.43 Å².